The third-order valence-corrected chi connectivity index (χ3v) is 4.80. The molecule has 0 unspecified atom stereocenters. The SMILES string of the molecule is CC(=O)c1nc(O)c(C)n1S(=O)(=O)N1CCOCC1. The van der Waals surface area contributed by atoms with E-state index in [2.05, 4.69) is 4.98 Å². The molecule has 2 rings (SSSR count). The lowest BCUT2D eigenvalue weighted by molar-refractivity contribution is 0.0724. The van der Waals surface area contributed by atoms with Gasteiger partial charge in [-0.1, -0.05) is 0 Å². The maximum atomic E-state index is 12.5. The summed E-state index contributed by atoms with van der Waals surface area (Å²) in [4.78, 5) is 15.1. The Bertz CT molecular complexity index is 601. The lowest BCUT2D eigenvalue weighted by Crippen LogP contribution is -2.44. The van der Waals surface area contributed by atoms with Crippen LogP contribution in [0.2, 0.25) is 0 Å². The zero-order chi connectivity index (χ0) is 14.2. The molecule has 0 aromatic carbocycles. The number of aromatic hydroxyl groups is 1. The van der Waals surface area contributed by atoms with E-state index >= 15 is 0 Å². The molecule has 19 heavy (non-hydrogen) atoms. The van der Waals surface area contributed by atoms with Crippen LogP contribution in [-0.2, 0) is 14.9 Å². The Morgan fingerprint density at radius 2 is 1.95 bits per heavy atom. The van der Waals surface area contributed by atoms with Crippen molar-refractivity contribution in [2.24, 2.45) is 0 Å². The average molecular weight is 289 g/mol. The fraction of sp³-hybridized carbons (Fsp3) is 0.600. The number of ether oxygens (including phenoxy) is 1. The molecular weight excluding hydrogens is 274 g/mol. The minimum Gasteiger partial charge on any atom is -0.492 e. The first-order valence-corrected chi connectivity index (χ1v) is 7.13. The minimum absolute atomic E-state index is 0.0247. The summed E-state index contributed by atoms with van der Waals surface area (Å²) < 4.78 is 32.0. The minimum atomic E-state index is -3.92. The predicted molar refractivity (Wildman–Crippen MR) is 65.3 cm³/mol. The van der Waals surface area contributed by atoms with Crippen molar-refractivity contribution in [3.63, 3.8) is 0 Å². The topological polar surface area (TPSA) is 102 Å². The van der Waals surface area contributed by atoms with Gasteiger partial charge in [0, 0.05) is 20.0 Å². The lowest BCUT2D eigenvalue weighted by atomic mass is 10.4. The lowest BCUT2D eigenvalue weighted by Gasteiger charge is -2.26. The molecule has 8 nitrogen and oxygen atoms in total. The van der Waals surface area contributed by atoms with Gasteiger partial charge in [0.25, 0.3) is 0 Å². The van der Waals surface area contributed by atoms with Crippen molar-refractivity contribution >= 4 is 16.0 Å². The van der Waals surface area contributed by atoms with E-state index in [9.17, 15) is 18.3 Å². The van der Waals surface area contributed by atoms with E-state index in [1.165, 1.54) is 18.2 Å². The van der Waals surface area contributed by atoms with E-state index in [1.54, 1.807) is 0 Å². The summed E-state index contributed by atoms with van der Waals surface area (Å²) in [5.74, 6) is -1.27. The van der Waals surface area contributed by atoms with Crippen molar-refractivity contribution in [1.82, 2.24) is 13.3 Å². The van der Waals surface area contributed by atoms with Gasteiger partial charge in [-0.3, -0.25) is 4.79 Å². The zero-order valence-electron chi connectivity index (χ0n) is 10.7. The molecule has 1 aromatic rings. The van der Waals surface area contributed by atoms with Crippen LogP contribution in [0.3, 0.4) is 0 Å². The molecule has 9 heteroatoms. The number of nitrogens with zero attached hydrogens (tertiary/aromatic N) is 3. The van der Waals surface area contributed by atoms with Gasteiger partial charge < -0.3 is 9.84 Å². The van der Waals surface area contributed by atoms with Gasteiger partial charge >= 0.3 is 10.2 Å². The summed E-state index contributed by atoms with van der Waals surface area (Å²) in [6, 6.07) is 0. The molecule has 1 aliphatic rings. The van der Waals surface area contributed by atoms with Gasteiger partial charge in [-0.25, -0.2) is 3.97 Å². The molecule has 0 aliphatic carbocycles. The van der Waals surface area contributed by atoms with Crippen LogP contribution >= 0.6 is 0 Å². The quantitative estimate of drug-likeness (QED) is 0.754. The molecule has 0 radical (unpaired) electrons. The molecule has 1 aromatic heterocycles. The monoisotopic (exact) mass is 289 g/mol. The van der Waals surface area contributed by atoms with E-state index in [-0.39, 0.29) is 24.6 Å². The number of carbonyl (C=O) groups is 1. The number of aromatic nitrogens is 2. The second kappa shape index (κ2) is 4.91. The van der Waals surface area contributed by atoms with Crippen LogP contribution in [0.4, 0.5) is 0 Å². The summed E-state index contributed by atoms with van der Waals surface area (Å²) >= 11 is 0. The van der Waals surface area contributed by atoms with Crippen LogP contribution in [0.25, 0.3) is 0 Å². The molecule has 0 atom stereocenters. The number of imidazole rings is 1. The fourth-order valence-electron chi connectivity index (χ4n) is 1.87. The van der Waals surface area contributed by atoms with E-state index < -0.39 is 21.9 Å². The summed E-state index contributed by atoms with van der Waals surface area (Å²) in [6.45, 7) is 3.61. The normalized spacial score (nSPS) is 17.6. The Morgan fingerprint density at radius 3 is 2.47 bits per heavy atom. The molecule has 1 saturated heterocycles. The second-order valence-corrected chi connectivity index (χ2v) is 5.96. The van der Waals surface area contributed by atoms with Crippen LogP contribution in [0.5, 0.6) is 5.88 Å². The van der Waals surface area contributed by atoms with Crippen molar-refractivity contribution in [3.8, 4) is 5.88 Å². The van der Waals surface area contributed by atoms with Gasteiger partial charge in [-0.15, -0.1) is 0 Å². The molecule has 1 N–H and O–H groups in total. The highest BCUT2D eigenvalue weighted by molar-refractivity contribution is 7.87. The smallest absolute Gasteiger partial charge is 0.309 e. The van der Waals surface area contributed by atoms with Crippen molar-refractivity contribution in [3.05, 3.63) is 11.5 Å². The van der Waals surface area contributed by atoms with Crippen LogP contribution in [-0.4, -0.2) is 58.9 Å². The van der Waals surface area contributed by atoms with Crippen molar-refractivity contribution in [1.29, 1.82) is 0 Å². The third-order valence-electron chi connectivity index (χ3n) is 2.87. The molecule has 1 aliphatic heterocycles. The Kier molecular flexibility index (Phi) is 3.61. The highest BCUT2D eigenvalue weighted by Crippen LogP contribution is 2.22. The molecule has 2 heterocycles. The number of Topliss-reactive ketones (excluding diaryl/α,β-unsaturated/α-hetero) is 1. The van der Waals surface area contributed by atoms with E-state index in [4.69, 9.17) is 4.74 Å². The summed E-state index contributed by atoms with van der Waals surface area (Å²) in [6.07, 6.45) is 0. The van der Waals surface area contributed by atoms with Gasteiger partial charge in [0.05, 0.1) is 18.9 Å². The van der Waals surface area contributed by atoms with Crippen LogP contribution in [0.15, 0.2) is 0 Å². The van der Waals surface area contributed by atoms with Gasteiger partial charge in [0.1, 0.15) is 0 Å². The van der Waals surface area contributed by atoms with Gasteiger partial charge in [0.15, 0.2) is 11.6 Å². The van der Waals surface area contributed by atoms with Crippen LogP contribution < -0.4 is 0 Å². The van der Waals surface area contributed by atoms with Gasteiger partial charge in [-0.2, -0.15) is 17.7 Å². The summed E-state index contributed by atoms with van der Waals surface area (Å²) in [7, 11) is -3.92. The highest BCUT2D eigenvalue weighted by Gasteiger charge is 2.32. The Labute approximate surface area is 110 Å². The average Bonchev–Trinajstić information content (AvgIpc) is 2.68. The van der Waals surface area contributed by atoms with E-state index in [0.717, 1.165) is 3.97 Å². The number of rotatable bonds is 3. The van der Waals surface area contributed by atoms with Crippen LogP contribution in [0.1, 0.15) is 23.2 Å². The van der Waals surface area contributed by atoms with E-state index in [1.807, 2.05) is 0 Å². The number of carbonyl (C=O) groups excluding carboxylic acids is 1. The number of hydrogen-bond acceptors (Lipinski definition) is 6. The maximum absolute atomic E-state index is 12.5. The molecule has 0 amide bonds. The molecule has 0 bridgehead atoms. The Hall–Kier alpha value is -1.45. The summed E-state index contributed by atoms with van der Waals surface area (Å²) in [5.41, 5.74) is 0.0247. The highest BCUT2D eigenvalue weighted by atomic mass is 32.2. The molecule has 0 saturated carbocycles. The zero-order valence-corrected chi connectivity index (χ0v) is 11.5. The Balaban J connectivity index is 2.53. The first-order chi connectivity index (χ1) is 8.85. The first-order valence-electron chi connectivity index (χ1n) is 5.73. The van der Waals surface area contributed by atoms with E-state index in [0.29, 0.717) is 13.2 Å². The maximum Gasteiger partial charge on any atom is 0.309 e. The number of morpholine rings is 1. The predicted octanol–water partition coefficient (Wildman–Crippen LogP) is -0.475. The molecular formula is C10H15N3O5S. The van der Waals surface area contributed by atoms with Gasteiger partial charge in [-0.05, 0) is 6.92 Å². The van der Waals surface area contributed by atoms with Crippen molar-refractivity contribution < 1.29 is 23.1 Å². The van der Waals surface area contributed by atoms with Gasteiger partial charge in [0.2, 0.25) is 5.88 Å². The fourth-order valence-corrected chi connectivity index (χ4v) is 3.53. The molecule has 0 spiro atoms. The van der Waals surface area contributed by atoms with Crippen LogP contribution in [0, 0.1) is 6.92 Å². The standard InChI is InChI=1S/C10H15N3O5S/c1-7-10(15)11-9(8(2)14)13(7)19(16,17)12-3-5-18-6-4-12/h15H,3-6H2,1-2H3. The first kappa shape index (κ1) is 14.0. The molecule has 1 fully saturated rings. The Morgan fingerprint density at radius 1 is 1.37 bits per heavy atom. The largest absolute Gasteiger partial charge is 0.492 e. The third kappa shape index (κ3) is 2.36. The number of hydrogen-bond donors (Lipinski definition) is 1. The number of ketones is 1. The van der Waals surface area contributed by atoms with Crippen molar-refractivity contribution in [2.45, 2.75) is 13.8 Å². The summed E-state index contributed by atoms with van der Waals surface area (Å²) in [5, 5.41) is 9.54. The second-order valence-electron chi connectivity index (χ2n) is 4.18. The van der Waals surface area contributed by atoms with Crippen molar-refractivity contribution in [2.75, 3.05) is 26.3 Å². The molecule has 106 valence electrons.